The second kappa shape index (κ2) is 10.3. The molecule has 2 aromatic heterocycles. The van der Waals surface area contributed by atoms with Gasteiger partial charge in [-0.15, -0.1) is 21.5 Å². The maximum atomic E-state index is 12.7. The molecule has 0 unspecified atom stereocenters. The zero-order chi connectivity index (χ0) is 22.3. The standard InChI is InChI=1S/C23H21N5O2S2/c24-20(29)12-13-28-22(19-11-6-14-31-19)26-27-23(28)32-15-21(30)25-18-10-5-4-9-17(18)16-7-2-1-3-8-16/h1-11,14H,12-13,15H2,(H2,24,29)(H,25,30). The molecule has 3 N–H and O–H groups in total. The normalized spacial score (nSPS) is 10.8. The number of nitrogens with one attached hydrogen (secondary N) is 1. The van der Waals surface area contributed by atoms with Crippen LogP contribution in [0.3, 0.4) is 0 Å². The van der Waals surface area contributed by atoms with Gasteiger partial charge in [-0.25, -0.2) is 0 Å². The molecule has 0 radical (unpaired) electrons. The number of rotatable bonds is 9. The molecule has 0 atom stereocenters. The smallest absolute Gasteiger partial charge is 0.234 e. The molecule has 0 spiro atoms. The molecule has 0 aliphatic carbocycles. The summed E-state index contributed by atoms with van der Waals surface area (Å²) < 4.78 is 1.84. The lowest BCUT2D eigenvalue weighted by atomic mass is 10.0. The highest BCUT2D eigenvalue weighted by Crippen LogP contribution is 2.29. The van der Waals surface area contributed by atoms with Crippen LogP contribution in [-0.2, 0) is 16.1 Å². The van der Waals surface area contributed by atoms with Crippen LogP contribution in [0, 0.1) is 0 Å². The number of carbonyl (C=O) groups is 2. The van der Waals surface area contributed by atoms with Crippen LogP contribution in [0.15, 0.2) is 77.3 Å². The number of thioether (sulfide) groups is 1. The van der Waals surface area contributed by atoms with E-state index in [1.165, 1.54) is 23.1 Å². The topological polar surface area (TPSA) is 103 Å². The fourth-order valence-corrected chi connectivity index (χ4v) is 4.67. The van der Waals surface area contributed by atoms with Gasteiger partial charge in [0.25, 0.3) is 0 Å². The first kappa shape index (κ1) is 21.8. The van der Waals surface area contributed by atoms with E-state index in [1.807, 2.05) is 76.7 Å². The summed E-state index contributed by atoms with van der Waals surface area (Å²) in [7, 11) is 0. The summed E-state index contributed by atoms with van der Waals surface area (Å²) in [6, 6.07) is 21.5. The zero-order valence-electron chi connectivity index (χ0n) is 17.1. The molecule has 4 rings (SSSR count). The van der Waals surface area contributed by atoms with Gasteiger partial charge in [-0.05, 0) is 23.1 Å². The lowest BCUT2D eigenvalue weighted by Gasteiger charge is -2.12. The lowest BCUT2D eigenvalue weighted by molar-refractivity contribution is -0.118. The fourth-order valence-electron chi connectivity index (χ4n) is 3.19. The summed E-state index contributed by atoms with van der Waals surface area (Å²) in [4.78, 5) is 25.0. The maximum Gasteiger partial charge on any atom is 0.234 e. The average Bonchev–Trinajstić information content (AvgIpc) is 3.47. The Kier molecular flexibility index (Phi) is 6.98. The average molecular weight is 464 g/mol. The highest BCUT2D eigenvalue weighted by Gasteiger charge is 2.17. The third-order valence-corrected chi connectivity index (χ3v) is 6.49. The first-order chi connectivity index (χ1) is 15.6. The summed E-state index contributed by atoms with van der Waals surface area (Å²) in [6.45, 7) is 0.357. The third-order valence-electron chi connectivity index (χ3n) is 4.66. The lowest BCUT2D eigenvalue weighted by Crippen LogP contribution is -2.17. The summed E-state index contributed by atoms with van der Waals surface area (Å²) in [6.07, 6.45) is 0.167. The van der Waals surface area contributed by atoms with E-state index in [2.05, 4.69) is 15.5 Å². The van der Waals surface area contributed by atoms with Crippen LogP contribution in [0.1, 0.15) is 6.42 Å². The summed E-state index contributed by atoms with van der Waals surface area (Å²) in [5.41, 5.74) is 8.07. The number of carbonyl (C=O) groups excluding carboxylic acids is 2. The number of thiophene rings is 1. The SMILES string of the molecule is NC(=O)CCn1c(SCC(=O)Nc2ccccc2-c2ccccc2)nnc1-c1cccs1. The Hall–Kier alpha value is -3.43. The molecule has 2 heterocycles. The molecule has 32 heavy (non-hydrogen) atoms. The zero-order valence-corrected chi connectivity index (χ0v) is 18.7. The number of primary amides is 1. The van der Waals surface area contributed by atoms with Gasteiger partial charge in [0.1, 0.15) is 0 Å². The van der Waals surface area contributed by atoms with Crippen LogP contribution in [0.25, 0.3) is 21.8 Å². The Morgan fingerprint density at radius 3 is 2.53 bits per heavy atom. The van der Waals surface area contributed by atoms with Gasteiger partial charge in [0.15, 0.2) is 11.0 Å². The van der Waals surface area contributed by atoms with Gasteiger partial charge in [0.05, 0.1) is 10.6 Å². The van der Waals surface area contributed by atoms with E-state index in [-0.39, 0.29) is 18.1 Å². The van der Waals surface area contributed by atoms with Gasteiger partial charge in [-0.1, -0.05) is 66.4 Å². The van der Waals surface area contributed by atoms with Crippen molar-refractivity contribution < 1.29 is 9.59 Å². The summed E-state index contributed by atoms with van der Waals surface area (Å²) >= 11 is 2.81. The van der Waals surface area contributed by atoms with E-state index in [4.69, 9.17) is 5.73 Å². The van der Waals surface area contributed by atoms with Crippen LogP contribution in [0.2, 0.25) is 0 Å². The van der Waals surface area contributed by atoms with E-state index in [9.17, 15) is 9.59 Å². The van der Waals surface area contributed by atoms with Gasteiger partial charge in [0.2, 0.25) is 11.8 Å². The van der Waals surface area contributed by atoms with Gasteiger partial charge in [-0.2, -0.15) is 0 Å². The van der Waals surface area contributed by atoms with Crippen molar-refractivity contribution in [2.45, 2.75) is 18.1 Å². The Labute approximate surface area is 193 Å². The predicted molar refractivity (Wildman–Crippen MR) is 128 cm³/mol. The first-order valence-corrected chi connectivity index (χ1v) is 11.8. The van der Waals surface area contributed by atoms with Crippen molar-refractivity contribution in [3.8, 4) is 21.8 Å². The molecular formula is C23H21N5O2S2. The molecule has 0 aliphatic heterocycles. The minimum atomic E-state index is -0.401. The molecule has 4 aromatic rings. The number of benzene rings is 2. The number of anilines is 1. The minimum absolute atomic E-state index is 0.152. The molecule has 0 bridgehead atoms. The molecule has 0 fully saturated rings. The second-order valence-corrected chi connectivity index (χ2v) is 8.79. The van der Waals surface area contributed by atoms with Crippen LogP contribution >= 0.6 is 23.1 Å². The molecule has 0 aliphatic rings. The van der Waals surface area contributed by atoms with Crippen LogP contribution in [0.4, 0.5) is 5.69 Å². The molecule has 2 amide bonds. The van der Waals surface area contributed by atoms with Crippen molar-refractivity contribution in [2.24, 2.45) is 5.73 Å². The molecule has 162 valence electrons. The number of para-hydroxylation sites is 1. The number of nitrogens with zero attached hydrogens (tertiary/aromatic N) is 3. The Morgan fingerprint density at radius 1 is 1.00 bits per heavy atom. The highest BCUT2D eigenvalue weighted by atomic mass is 32.2. The highest BCUT2D eigenvalue weighted by molar-refractivity contribution is 7.99. The van der Waals surface area contributed by atoms with E-state index in [1.54, 1.807) is 0 Å². The van der Waals surface area contributed by atoms with Crippen molar-refractivity contribution in [1.82, 2.24) is 14.8 Å². The molecule has 9 heteroatoms. The van der Waals surface area contributed by atoms with E-state index in [0.717, 1.165) is 21.7 Å². The van der Waals surface area contributed by atoms with Gasteiger partial charge < -0.3 is 15.6 Å². The molecule has 0 saturated carbocycles. The quantitative estimate of drug-likeness (QED) is 0.361. The largest absolute Gasteiger partial charge is 0.370 e. The minimum Gasteiger partial charge on any atom is -0.370 e. The van der Waals surface area contributed by atoms with E-state index < -0.39 is 5.91 Å². The van der Waals surface area contributed by atoms with Crippen molar-refractivity contribution in [3.05, 3.63) is 72.1 Å². The van der Waals surface area contributed by atoms with Crippen molar-refractivity contribution in [3.63, 3.8) is 0 Å². The first-order valence-electron chi connectivity index (χ1n) is 9.94. The summed E-state index contributed by atoms with van der Waals surface area (Å²) in [5.74, 6) is 0.267. The van der Waals surface area contributed by atoms with Gasteiger partial charge in [-0.3, -0.25) is 9.59 Å². The Bertz CT molecular complexity index is 1210. The predicted octanol–water partition coefficient (Wildman–Crippen LogP) is 4.28. The number of nitrogens with two attached hydrogens (primary N) is 1. The van der Waals surface area contributed by atoms with Crippen LogP contribution in [-0.4, -0.2) is 32.3 Å². The van der Waals surface area contributed by atoms with Crippen LogP contribution < -0.4 is 11.1 Å². The van der Waals surface area contributed by atoms with Gasteiger partial charge >= 0.3 is 0 Å². The second-order valence-electron chi connectivity index (χ2n) is 6.90. The Morgan fingerprint density at radius 2 is 1.78 bits per heavy atom. The van der Waals surface area contributed by atoms with E-state index >= 15 is 0 Å². The molecule has 7 nitrogen and oxygen atoms in total. The van der Waals surface area contributed by atoms with Crippen molar-refractivity contribution >= 4 is 40.6 Å². The molecule has 0 saturated heterocycles. The number of aromatic nitrogens is 3. The fraction of sp³-hybridized carbons (Fsp3) is 0.130. The van der Waals surface area contributed by atoms with Gasteiger partial charge in [0, 0.05) is 24.2 Å². The number of hydrogen-bond acceptors (Lipinski definition) is 6. The number of amides is 2. The van der Waals surface area contributed by atoms with E-state index in [0.29, 0.717) is 17.5 Å². The molecule has 2 aromatic carbocycles. The molecular weight excluding hydrogens is 442 g/mol. The summed E-state index contributed by atoms with van der Waals surface area (Å²) in [5, 5.41) is 14.0. The van der Waals surface area contributed by atoms with Crippen molar-refractivity contribution in [1.29, 1.82) is 0 Å². The maximum absolute atomic E-state index is 12.7. The van der Waals surface area contributed by atoms with Crippen molar-refractivity contribution in [2.75, 3.05) is 11.1 Å². The Balaban J connectivity index is 1.48. The monoisotopic (exact) mass is 463 g/mol. The van der Waals surface area contributed by atoms with Crippen LogP contribution in [0.5, 0.6) is 0 Å². The third kappa shape index (κ3) is 5.24. The number of hydrogen-bond donors (Lipinski definition) is 2.